The highest BCUT2D eigenvalue weighted by atomic mass is 16.3. The second-order valence-electron chi connectivity index (χ2n) is 5.25. The van der Waals surface area contributed by atoms with Gasteiger partial charge in [0.1, 0.15) is 5.75 Å². The lowest BCUT2D eigenvalue weighted by Crippen LogP contribution is -2.29. The molecule has 0 saturated carbocycles. The van der Waals surface area contributed by atoms with Gasteiger partial charge in [-0.1, -0.05) is 23.8 Å². The van der Waals surface area contributed by atoms with Crippen LogP contribution in [0.25, 0.3) is 0 Å². The molecule has 0 fully saturated rings. The van der Waals surface area contributed by atoms with E-state index in [2.05, 4.69) is 10.6 Å². The van der Waals surface area contributed by atoms with E-state index in [1.54, 1.807) is 18.2 Å². The minimum Gasteiger partial charge on any atom is -0.506 e. The molecular formula is C17H18N2O3. The van der Waals surface area contributed by atoms with Crippen LogP contribution < -0.4 is 10.6 Å². The van der Waals surface area contributed by atoms with Crippen LogP contribution in [0, 0.1) is 20.8 Å². The molecule has 5 heteroatoms. The largest absolute Gasteiger partial charge is 0.506 e. The third kappa shape index (κ3) is 3.63. The Morgan fingerprint density at radius 2 is 1.32 bits per heavy atom. The summed E-state index contributed by atoms with van der Waals surface area (Å²) in [6.45, 7) is 5.62. The van der Waals surface area contributed by atoms with Crippen molar-refractivity contribution in [3.63, 3.8) is 0 Å². The number of aryl methyl sites for hydroxylation is 3. The van der Waals surface area contributed by atoms with Crippen LogP contribution in [-0.2, 0) is 9.59 Å². The number of amides is 2. The average Bonchev–Trinajstić information content (AvgIpc) is 2.44. The first kappa shape index (κ1) is 15.6. The minimum absolute atomic E-state index is 0.0762. The lowest BCUT2D eigenvalue weighted by atomic mass is 10.1. The van der Waals surface area contributed by atoms with Gasteiger partial charge in [0.25, 0.3) is 0 Å². The second kappa shape index (κ2) is 6.30. The maximum absolute atomic E-state index is 11.9. The van der Waals surface area contributed by atoms with E-state index in [0.717, 1.165) is 16.7 Å². The summed E-state index contributed by atoms with van der Waals surface area (Å²) in [5.41, 5.74) is 3.59. The van der Waals surface area contributed by atoms with Gasteiger partial charge in [-0.2, -0.15) is 0 Å². The van der Waals surface area contributed by atoms with Crippen molar-refractivity contribution in [1.29, 1.82) is 0 Å². The zero-order valence-corrected chi connectivity index (χ0v) is 12.7. The van der Waals surface area contributed by atoms with E-state index in [-0.39, 0.29) is 11.4 Å². The Bertz CT molecular complexity index is 675. The summed E-state index contributed by atoms with van der Waals surface area (Å²) in [6, 6.07) is 10.3. The van der Waals surface area contributed by atoms with Crippen molar-refractivity contribution >= 4 is 23.2 Å². The molecule has 0 aliphatic carbocycles. The van der Waals surface area contributed by atoms with Crippen LogP contribution in [0.5, 0.6) is 5.75 Å². The third-order valence-corrected chi connectivity index (χ3v) is 3.24. The second-order valence-corrected chi connectivity index (χ2v) is 5.25. The van der Waals surface area contributed by atoms with E-state index in [1.807, 2.05) is 32.9 Å². The molecule has 3 N–H and O–H groups in total. The summed E-state index contributed by atoms with van der Waals surface area (Å²) in [6.07, 6.45) is 0. The van der Waals surface area contributed by atoms with Gasteiger partial charge in [0.15, 0.2) is 0 Å². The molecular weight excluding hydrogens is 280 g/mol. The van der Waals surface area contributed by atoms with E-state index in [0.29, 0.717) is 5.69 Å². The minimum atomic E-state index is -0.834. The Balaban J connectivity index is 2.07. The predicted molar refractivity (Wildman–Crippen MR) is 86.0 cm³/mol. The first-order chi connectivity index (χ1) is 10.4. The van der Waals surface area contributed by atoms with Crippen molar-refractivity contribution in [2.75, 3.05) is 10.6 Å². The molecule has 0 unspecified atom stereocenters. The van der Waals surface area contributed by atoms with Gasteiger partial charge in [-0.25, -0.2) is 0 Å². The molecule has 114 valence electrons. The number of carbonyl (C=O) groups excluding carboxylic acids is 2. The van der Waals surface area contributed by atoms with Crippen molar-refractivity contribution < 1.29 is 14.7 Å². The highest BCUT2D eigenvalue weighted by Gasteiger charge is 2.16. The summed E-state index contributed by atoms with van der Waals surface area (Å²) in [5.74, 6) is -1.70. The molecule has 0 spiro atoms. The molecule has 5 nitrogen and oxygen atoms in total. The molecule has 0 saturated heterocycles. The number of phenolic OH excluding ortho intramolecular Hbond substituents is 1. The van der Waals surface area contributed by atoms with Crippen molar-refractivity contribution in [3.8, 4) is 5.75 Å². The Morgan fingerprint density at radius 1 is 0.818 bits per heavy atom. The zero-order chi connectivity index (χ0) is 16.3. The van der Waals surface area contributed by atoms with E-state index in [9.17, 15) is 14.7 Å². The van der Waals surface area contributed by atoms with Gasteiger partial charge in [-0.15, -0.1) is 0 Å². The number of aromatic hydroxyl groups is 1. The third-order valence-electron chi connectivity index (χ3n) is 3.24. The molecule has 0 aliphatic rings. The Morgan fingerprint density at radius 3 is 1.86 bits per heavy atom. The van der Waals surface area contributed by atoms with Crippen LogP contribution in [-0.4, -0.2) is 16.9 Å². The molecule has 2 amide bonds. The van der Waals surface area contributed by atoms with E-state index in [1.165, 1.54) is 6.07 Å². The topological polar surface area (TPSA) is 78.4 Å². The molecule has 0 heterocycles. The summed E-state index contributed by atoms with van der Waals surface area (Å²) in [5, 5.41) is 14.7. The van der Waals surface area contributed by atoms with Crippen LogP contribution in [0.2, 0.25) is 0 Å². The molecule has 22 heavy (non-hydrogen) atoms. The van der Waals surface area contributed by atoms with Gasteiger partial charge in [-0.3, -0.25) is 9.59 Å². The molecule has 0 bridgehead atoms. The van der Waals surface area contributed by atoms with Crippen molar-refractivity contribution in [2.45, 2.75) is 20.8 Å². The van der Waals surface area contributed by atoms with Gasteiger partial charge < -0.3 is 15.7 Å². The van der Waals surface area contributed by atoms with Gasteiger partial charge >= 0.3 is 11.8 Å². The Kier molecular flexibility index (Phi) is 4.46. The SMILES string of the molecule is Cc1ccc(NC(=O)C(=O)Nc2ccc(C)cc2O)c(C)c1. The van der Waals surface area contributed by atoms with Crippen LogP contribution in [0.4, 0.5) is 11.4 Å². The maximum atomic E-state index is 11.9. The molecule has 2 rings (SSSR count). The standard InChI is InChI=1S/C17H18N2O3/c1-10-4-6-13(12(3)8-10)18-16(21)17(22)19-14-7-5-11(2)9-15(14)20/h4-9,20H,1-3H3,(H,18,21)(H,19,22). The van der Waals surface area contributed by atoms with Crippen molar-refractivity contribution in [1.82, 2.24) is 0 Å². The quantitative estimate of drug-likeness (QED) is 0.589. The number of phenols is 1. The average molecular weight is 298 g/mol. The number of rotatable bonds is 2. The summed E-state index contributed by atoms with van der Waals surface area (Å²) >= 11 is 0. The van der Waals surface area contributed by atoms with Crippen LogP contribution in [0.1, 0.15) is 16.7 Å². The van der Waals surface area contributed by atoms with Gasteiger partial charge in [0.2, 0.25) is 0 Å². The smallest absolute Gasteiger partial charge is 0.314 e. The van der Waals surface area contributed by atoms with Gasteiger partial charge in [0, 0.05) is 5.69 Å². The van der Waals surface area contributed by atoms with Crippen molar-refractivity contribution in [2.24, 2.45) is 0 Å². The first-order valence-electron chi connectivity index (χ1n) is 6.86. The summed E-state index contributed by atoms with van der Waals surface area (Å²) in [4.78, 5) is 23.8. The monoisotopic (exact) mass is 298 g/mol. The normalized spacial score (nSPS) is 10.1. The lowest BCUT2D eigenvalue weighted by molar-refractivity contribution is -0.133. The predicted octanol–water partition coefficient (Wildman–Crippen LogP) is 2.89. The van der Waals surface area contributed by atoms with Gasteiger partial charge in [0.05, 0.1) is 5.69 Å². The van der Waals surface area contributed by atoms with Crippen LogP contribution >= 0.6 is 0 Å². The van der Waals surface area contributed by atoms with Crippen LogP contribution in [0.15, 0.2) is 36.4 Å². The summed E-state index contributed by atoms with van der Waals surface area (Å²) in [7, 11) is 0. The molecule has 0 aromatic heterocycles. The fourth-order valence-electron chi connectivity index (χ4n) is 2.06. The number of anilines is 2. The van der Waals surface area contributed by atoms with E-state index < -0.39 is 11.8 Å². The zero-order valence-electron chi connectivity index (χ0n) is 12.7. The fourth-order valence-corrected chi connectivity index (χ4v) is 2.06. The highest BCUT2D eigenvalue weighted by Crippen LogP contribution is 2.24. The number of hydrogen-bond acceptors (Lipinski definition) is 3. The van der Waals surface area contributed by atoms with Gasteiger partial charge in [-0.05, 0) is 50.1 Å². The summed E-state index contributed by atoms with van der Waals surface area (Å²) < 4.78 is 0. The lowest BCUT2D eigenvalue weighted by Gasteiger charge is -2.10. The molecule has 2 aromatic carbocycles. The fraction of sp³-hybridized carbons (Fsp3) is 0.176. The molecule has 2 aromatic rings. The molecule has 0 aliphatic heterocycles. The maximum Gasteiger partial charge on any atom is 0.314 e. The molecule has 0 atom stereocenters. The van der Waals surface area contributed by atoms with E-state index >= 15 is 0 Å². The number of nitrogens with one attached hydrogen (secondary N) is 2. The molecule has 0 radical (unpaired) electrons. The number of benzene rings is 2. The Hall–Kier alpha value is -2.82. The van der Waals surface area contributed by atoms with Crippen molar-refractivity contribution in [3.05, 3.63) is 53.1 Å². The number of carbonyl (C=O) groups is 2. The van der Waals surface area contributed by atoms with E-state index in [4.69, 9.17) is 0 Å². The highest BCUT2D eigenvalue weighted by molar-refractivity contribution is 6.43. The van der Waals surface area contributed by atoms with Crippen LogP contribution in [0.3, 0.4) is 0 Å². The number of hydrogen-bond donors (Lipinski definition) is 3. The first-order valence-corrected chi connectivity index (χ1v) is 6.86. The Labute approximate surface area is 129 Å².